The Hall–Kier alpha value is -5.80. The van der Waals surface area contributed by atoms with Crippen LogP contribution in [-0.4, -0.2) is 214 Å². The van der Waals surface area contributed by atoms with E-state index in [-0.39, 0.29) is 138 Å². The first-order valence-corrected chi connectivity index (χ1v) is 48.7. The van der Waals surface area contributed by atoms with Crippen molar-refractivity contribution in [1.82, 2.24) is 26.3 Å². The number of hydroxylamine groups is 2. The Morgan fingerprint density at radius 2 is 0.831 bits per heavy atom. The summed E-state index contributed by atoms with van der Waals surface area (Å²) in [6, 6.07) is 7.05. The van der Waals surface area contributed by atoms with Crippen LogP contribution in [0.3, 0.4) is 0 Å². The van der Waals surface area contributed by atoms with Gasteiger partial charge in [0.2, 0.25) is 0 Å². The number of esters is 3. The number of hydrogen-bond acceptors (Lipinski definition) is 24. The molecule has 36 heteroatoms. The van der Waals surface area contributed by atoms with E-state index in [0.717, 1.165) is 128 Å². The molecule has 1 aromatic carbocycles. The number of allylic oxidation sites excluding steroid dienone is 1. The predicted octanol–water partition coefficient (Wildman–Crippen LogP) is 13.3. The van der Waals surface area contributed by atoms with Crippen LogP contribution >= 0.6 is 7.14 Å². The zero-order chi connectivity index (χ0) is 102. The number of rotatable bonds is 24. The summed E-state index contributed by atoms with van der Waals surface area (Å²) in [7, 11) is 1.93. The molecule has 5 amide bonds. The number of benzene rings is 1. The monoisotopic (exact) mass is 1980 g/mol. The van der Waals surface area contributed by atoms with Gasteiger partial charge in [0.1, 0.15) is 77.5 Å². The van der Waals surface area contributed by atoms with Crippen molar-refractivity contribution in [2.45, 2.75) is 439 Å². The third-order valence-corrected chi connectivity index (χ3v) is 23.6. The Kier molecular flexibility index (Phi) is 65.9. The number of ether oxygens (including phenoxy) is 8. The quantitative estimate of drug-likeness (QED) is 0.00906. The van der Waals surface area contributed by atoms with Crippen LogP contribution in [0.4, 0.5) is 19.2 Å². The molecule has 7 aliphatic carbocycles. The molecule has 136 heavy (non-hydrogen) atoms. The zero-order valence-electron chi connectivity index (χ0n) is 89.4. The van der Waals surface area contributed by atoms with Crippen LogP contribution in [0.2, 0.25) is 0 Å². The molecule has 4 unspecified atom stereocenters. The molecule has 0 bridgehead atoms. The van der Waals surface area contributed by atoms with E-state index in [2.05, 4.69) is 53.7 Å². The summed E-state index contributed by atoms with van der Waals surface area (Å²) in [6.45, 7) is 56.6. The van der Waals surface area contributed by atoms with E-state index < -0.39 is 130 Å². The number of carbonyl (C=O) groups excluding carboxylic acids is 9. The van der Waals surface area contributed by atoms with Gasteiger partial charge in [-0.3, -0.25) is 24.5 Å². The standard InChI is InChI=1S/C17H31NO4.C17H29NO4.C16H21NO4.C13H26NO5P.2C8H15NO2.C6H10O2.C6H10O.C4H9O.C3H8O.2CH4.Al.Li.Na.4H/c2*1-15(2,3)21-13(19)12(11-17(7)9-8-10-17)18-14(20)22-16(4,5)6;1-16(8-5-9-16)10-13(14(18)19)17-15(20)21-11-12-6-3-2-4-7-12;1-12(2,3)18-10(15)9(20(7,8)17)14-11(16)19-13(4,5)6;1-8(5-4-6-8)7(10)9(2)11-3;1-8(3-2-4-8)5-6(9)7(10)11;1-6(5(7)8)3-2-4-6;1-6(5-7)3-2-4-6;1-4(2,3)5;1-3-4-2;;;;;;;;;/h12H,8-11H2,1-7H3,(H,18,20);11H,8-10H2,1-7H3,(H,18,20);2-4,6-7,13H,5,8-11H2,1H3,(H,17,20)(H,18,19);9H,1-8H3,(H,14,16);4-6H2,1-3H3;6H,2-5,9H2,1H3,(H,10,11);2-4H2,1H3,(H,7,8);5H,2-4H2,1H3;1-3H3;3H2,1-2H3;2*1H4;;;;;;;/q;;;;;;;;-1;;;;;2*+1;;;;-1/b;12-11-;;;;;;;;;;;;;;;;;. The van der Waals surface area contributed by atoms with Crippen molar-refractivity contribution in [3.63, 3.8) is 0 Å². The Morgan fingerprint density at radius 1 is 0.500 bits per heavy atom. The van der Waals surface area contributed by atoms with Gasteiger partial charge in [0.05, 0.1) is 12.5 Å². The molecule has 8 rings (SSSR count). The third kappa shape index (κ3) is 66.1. The predicted molar refractivity (Wildman–Crippen MR) is 530 cm³/mol. The SMILES string of the molecule is C.C.CC(C)(C)OC(=O)NC(C(=O)OC(C)(C)C)P(C)(C)=O.CC(C)(C)[O-].CC1(/C=C(\NC(=O)OC(C)(C)C)C(=O)OC(C)(C)C)CCC1.CC1(C(=O)O)CCC1.CC1(C=O)CCC1.CC1(CC(N)C(=O)O)CCC1.CC1(CC(NC(=O)OC(C)(C)C)C(=O)OC(C)(C)C)CCC1.CC1(CC(NC(=O)OCc2ccccc2)C(=O)O)CCC1.CCOC.CON(C)C(=O)C1(C)CCC1.[AlH3].[H-].[Li+].[Na+]. The van der Waals surface area contributed by atoms with E-state index in [4.69, 9.17) is 53.9 Å². The van der Waals surface area contributed by atoms with E-state index in [1.807, 2.05) is 71.9 Å². The number of carboxylic acids is 3. The minimum atomic E-state index is -2.92. The van der Waals surface area contributed by atoms with Crippen LogP contribution in [0, 0.1) is 37.9 Å². The fraction of sp³-hybridized carbons (Fsp3) is 0.800. The molecule has 0 heterocycles. The number of nitrogens with one attached hydrogen (secondary N) is 4. The molecule has 4 atom stereocenters. The van der Waals surface area contributed by atoms with Crippen LogP contribution in [0.1, 0.15) is 377 Å². The van der Waals surface area contributed by atoms with Gasteiger partial charge in [-0.1, -0.05) is 152 Å². The largest absolute Gasteiger partial charge is 1.00 e. The average molecular weight is 1980 g/mol. The number of aldehydes is 1. The van der Waals surface area contributed by atoms with Gasteiger partial charge in [-0.25, -0.2) is 43.4 Å². The zero-order valence-corrected chi connectivity index (χ0v) is 91.3. The average Bonchev–Trinajstić information content (AvgIpc) is 0.795. The summed E-state index contributed by atoms with van der Waals surface area (Å²) in [5, 5.41) is 47.7. The van der Waals surface area contributed by atoms with E-state index in [1.165, 1.54) is 51.2 Å². The minimum absolute atomic E-state index is 0. The third-order valence-electron chi connectivity index (χ3n) is 22.0. The second kappa shape index (κ2) is 62.6. The van der Waals surface area contributed by atoms with Crippen LogP contribution in [0.15, 0.2) is 42.1 Å². The molecule has 9 N–H and O–H groups in total. The molecule has 782 valence electrons. The molecular formula is C100H186AlLiN6NaO26P. The van der Waals surface area contributed by atoms with E-state index >= 15 is 0 Å². The van der Waals surface area contributed by atoms with Crippen molar-refractivity contribution >= 4 is 96.9 Å². The van der Waals surface area contributed by atoms with Crippen molar-refractivity contribution < 1.29 is 175 Å². The van der Waals surface area contributed by atoms with Gasteiger partial charge < -0.3 is 90.8 Å². The number of hydrogen-bond donors (Lipinski definition) is 8. The Bertz CT molecular complexity index is 3830. The molecule has 0 aromatic heterocycles. The van der Waals surface area contributed by atoms with Crippen molar-refractivity contribution in [3.05, 3.63) is 47.7 Å². The summed E-state index contributed by atoms with van der Waals surface area (Å²) in [6.07, 6.45) is 24.3. The number of methoxy groups -OCH3 is 1. The van der Waals surface area contributed by atoms with Gasteiger partial charge in [0.25, 0.3) is 5.91 Å². The molecule has 0 radical (unpaired) electrons. The first-order chi connectivity index (χ1) is 59.2. The number of nitrogens with two attached hydrogens (primary N) is 1. The van der Waals surface area contributed by atoms with E-state index in [9.17, 15) is 72.3 Å². The maximum absolute atomic E-state index is 12.4. The molecule has 7 saturated carbocycles. The van der Waals surface area contributed by atoms with Gasteiger partial charge in [-0.2, -0.15) is 0 Å². The van der Waals surface area contributed by atoms with Gasteiger partial charge in [0, 0.05) is 31.6 Å². The fourth-order valence-electron chi connectivity index (χ4n) is 13.2. The maximum atomic E-state index is 12.4. The number of alkyl carbamates (subject to hydrolysis) is 4. The second-order valence-corrected chi connectivity index (χ2v) is 48.4. The first-order valence-electron chi connectivity index (χ1n) is 46.0. The number of nitrogens with zero attached hydrogens (tertiary/aromatic N) is 1. The van der Waals surface area contributed by atoms with Crippen LogP contribution < -0.4 is 80.5 Å². The Morgan fingerprint density at radius 3 is 1.10 bits per heavy atom. The number of carboxylic acid groups (broad SMARTS) is 3. The molecule has 0 saturated heterocycles. The number of aliphatic carboxylic acids is 3. The first kappa shape index (κ1) is 143. The van der Waals surface area contributed by atoms with Crippen LogP contribution in [0.25, 0.3) is 0 Å². The Balaban J connectivity index is -0.000000232. The van der Waals surface area contributed by atoms with Crippen molar-refractivity contribution in [3.8, 4) is 0 Å². The van der Waals surface area contributed by atoms with Gasteiger partial charge >= 0.3 is 109 Å². The van der Waals surface area contributed by atoms with Crippen molar-refractivity contribution in [1.29, 1.82) is 0 Å². The number of amides is 5. The second-order valence-electron chi connectivity index (χ2n) is 45.0. The molecule has 7 aliphatic rings. The Labute approximate surface area is 864 Å². The van der Waals surface area contributed by atoms with Crippen LogP contribution in [-0.2, 0) is 92.3 Å². The molecular weight excluding hydrogens is 1790 g/mol. The number of carbonyl (C=O) groups is 12. The molecule has 32 nitrogen and oxygen atoms in total. The van der Waals surface area contributed by atoms with Crippen LogP contribution in [0.5, 0.6) is 0 Å². The van der Waals surface area contributed by atoms with Gasteiger partial charge in [0.15, 0.2) is 23.1 Å². The maximum Gasteiger partial charge on any atom is 1.00 e. The molecule has 1 aromatic rings. The van der Waals surface area contributed by atoms with Crippen molar-refractivity contribution in [2.24, 2.45) is 43.6 Å². The molecule has 0 spiro atoms. The van der Waals surface area contributed by atoms with E-state index in [0.29, 0.717) is 19.3 Å². The summed E-state index contributed by atoms with van der Waals surface area (Å²) in [5.41, 5.74) is 1.71. The summed E-state index contributed by atoms with van der Waals surface area (Å²) >= 11 is 0. The summed E-state index contributed by atoms with van der Waals surface area (Å²) in [5.74, 6) is -5.29. The van der Waals surface area contributed by atoms with Crippen molar-refractivity contribution in [2.75, 3.05) is 41.2 Å². The normalized spacial score (nSPS) is 17.8. The topological polar surface area (TPSA) is 466 Å². The fourth-order valence-corrected chi connectivity index (χ4v) is 14.2. The smallest absolute Gasteiger partial charge is 1.00 e. The summed E-state index contributed by atoms with van der Waals surface area (Å²) in [4.78, 5) is 142. The molecule has 0 aliphatic heterocycles. The van der Waals surface area contributed by atoms with E-state index in [1.54, 1.807) is 152 Å². The summed E-state index contributed by atoms with van der Waals surface area (Å²) < 4.78 is 53.3. The minimum Gasteiger partial charge on any atom is -1.00 e. The van der Waals surface area contributed by atoms with Gasteiger partial charge in [-0.15, -0.1) is 5.60 Å². The molecule has 7 fully saturated rings. The van der Waals surface area contributed by atoms with Gasteiger partial charge in [-0.05, 0) is 294 Å².